The van der Waals surface area contributed by atoms with Gasteiger partial charge in [-0.15, -0.1) is 0 Å². The van der Waals surface area contributed by atoms with E-state index in [1.807, 2.05) is 48.3 Å². The van der Waals surface area contributed by atoms with Gasteiger partial charge in [-0.25, -0.2) is 0 Å². The zero-order valence-electron chi connectivity index (χ0n) is 12.4. The maximum Gasteiger partial charge on any atom is 0.185 e. The summed E-state index contributed by atoms with van der Waals surface area (Å²) < 4.78 is 0.954. The standard InChI is InChI=1S/C18H18BrNO2/c1-20(12-13-21)17-9-2-14(3-10-17)4-11-18(22)15-5-7-16(19)8-6-15/h2-11,21H,12-13H2,1H3. The molecule has 0 aliphatic rings. The number of allylic oxidation sites excluding steroid dienone is 1. The Bertz CT molecular complexity index is 648. The minimum absolute atomic E-state index is 0.0195. The number of carbonyl (C=O) groups is 1. The Kier molecular flexibility index (Phi) is 5.92. The van der Waals surface area contributed by atoms with Gasteiger partial charge in [-0.1, -0.05) is 34.1 Å². The highest BCUT2D eigenvalue weighted by Gasteiger charge is 2.02. The molecule has 114 valence electrons. The largest absolute Gasteiger partial charge is 0.395 e. The van der Waals surface area contributed by atoms with Gasteiger partial charge in [-0.2, -0.15) is 0 Å². The minimum atomic E-state index is -0.0195. The van der Waals surface area contributed by atoms with Crippen LogP contribution in [-0.4, -0.2) is 31.1 Å². The van der Waals surface area contributed by atoms with Crippen LogP contribution in [0.4, 0.5) is 5.69 Å². The smallest absolute Gasteiger partial charge is 0.185 e. The first kappa shape index (κ1) is 16.5. The summed E-state index contributed by atoms with van der Waals surface area (Å²) in [6, 6.07) is 15.1. The Balaban J connectivity index is 2.03. The molecule has 0 fully saturated rings. The van der Waals surface area contributed by atoms with E-state index in [0.717, 1.165) is 15.7 Å². The molecule has 3 nitrogen and oxygen atoms in total. The van der Waals surface area contributed by atoms with Crippen LogP contribution in [0.2, 0.25) is 0 Å². The van der Waals surface area contributed by atoms with Crippen molar-refractivity contribution in [1.29, 1.82) is 0 Å². The van der Waals surface area contributed by atoms with Crippen LogP contribution in [0.1, 0.15) is 15.9 Å². The van der Waals surface area contributed by atoms with E-state index in [9.17, 15) is 4.79 Å². The average molecular weight is 360 g/mol. The Labute approximate surface area is 139 Å². The zero-order valence-corrected chi connectivity index (χ0v) is 14.0. The van der Waals surface area contributed by atoms with Crippen LogP contribution in [0, 0.1) is 0 Å². The van der Waals surface area contributed by atoms with E-state index in [4.69, 9.17) is 5.11 Å². The van der Waals surface area contributed by atoms with E-state index < -0.39 is 0 Å². The SMILES string of the molecule is CN(CCO)c1ccc(C=CC(=O)c2ccc(Br)cc2)cc1. The Morgan fingerprint density at radius 1 is 1.14 bits per heavy atom. The molecule has 4 heteroatoms. The van der Waals surface area contributed by atoms with Crippen molar-refractivity contribution in [3.05, 3.63) is 70.2 Å². The molecule has 0 atom stereocenters. The van der Waals surface area contributed by atoms with E-state index in [2.05, 4.69) is 15.9 Å². The number of likely N-dealkylation sites (N-methyl/N-ethyl adjacent to an activating group) is 1. The molecule has 0 bridgehead atoms. The number of halogens is 1. The van der Waals surface area contributed by atoms with Crippen molar-refractivity contribution in [2.75, 3.05) is 25.1 Å². The summed E-state index contributed by atoms with van der Waals surface area (Å²) in [5.41, 5.74) is 2.66. The molecule has 0 amide bonds. The topological polar surface area (TPSA) is 40.5 Å². The van der Waals surface area contributed by atoms with E-state index in [1.54, 1.807) is 24.3 Å². The third kappa shape index (κ3) is 4.55. The van der Waals surface area contributed by atoms with Gasteiger partial charge in [0.25, 0.3) is 0 Å². The molecule has 0 saturated carbocycles. The van der Waals surface area contributed by atoms with Crippen LogP contribution in [0.3, 0.4) is 0 Å². The predicted molar refractivity (Wildman–Crippen MR) is 94.3 cm³/mol. The molecule has 0 saturated heterocycles. The van der Waals surface area contributed by atoms with Crippen LogP contribution in [0.15, 0.2) is 59.1 Å². The second kappa shape index (κ2) is 7.92. The van der Waals surface area contributed by atoms with Crippen molar-refractivity contribution in [3.63, 3.8) is 0 Å². The third-order valence-corrected chi connectivity index (χ3v) is 3.85. The second-order valence-corrected chi connectivity index (χ2v) is 5.86. The Hall–Kier alpha value is -1.91. The third-order valence-electron chi connectivity index (χ3n) is 3.33. The number of hydrogen-bond donors (Lipinski definition) is 1. The van der Waals surface area contributed by atoms with E-state index in [-0.39, 0.29) is 12.4 Å². The first-order valence-corrected chi connectivity index (χ1v) is 7.79. The van der Waals surface area contributed by atoms with Gasteiger partial charge < -0.3 is 10.0 Å². The maximum atomic E-state index is 12.1. The van der Waals surface area contributed by atoms with Crippen molar-refractivity contribution < 1.29 is 9.90 Å². The lowest BCUT2D eigenvalue weighted by Gasteiger charge is -2.17. The minimum Gasteiger partial charge on any atom is -0.395 e. The zero-order chi connectivity index (χ0) is 15.9. The number of nitrogens with zero attached hydrogens (tertiary/aromatic N) is 1. The normalized spacial score (nSPS) is 10.9. The quantitative estimate of drug-likeness (QED) is 0.630. The van der Waals surface area contributed by atoms with Crippen molar-refractivity contribution in [1.82, 2.24) is 0 Å². The monoisotopic (exact) mass is 359 g/mol. The molecule has 22 heavy (non-hydrogen) atoms. The molecule has 0 spiro atoms. The summed E-state index contributed by atoms with van der Waals surface area (Å²) in [7, 11) is 1.93. The molecule has 2 aromatic carbocycles. The summed E-state index contributed by atoms with van der Waals surface area (Å²) in [5, 5.41) is 8.93. The molecule has 0 radical (unpaired) electrons. The number of anilines is 1. The van der Waals surface area contributed by atoms with Crippen molar-refractivity contribution in [2.45, 2.75) is 0 Å². The highest BCUT2D eigenvalue weighted by atomic mass is 79.9. The number of aliphatic hydroxyl groups excluding tert-OH is 1. The Morgan fingerprint density at radius 3 is 2.36 bits per heavy atom. The number of aliphatic hydroxyl groups is 1. The lowest BCUT2D eigenvalue weighted by molar-refractivity contribution is 0.104. The van der Waals surface area contributed by atoms with E-state index >= 15 is 0 Å². The molecule has 1 N–H and O–H groups in total. The molecule has 2 aromatic rings. The van der Waals surface area contributed by atoms with Gasteiger partial charge in [0, 0.05) is 29.3 Å². The fourth-order valence-corrected chi connectivity index (χ4v) is 2.27. The molecule has 0 heterocycles. The van der Waals surface area contributed by atoms with Crippen LogP contribution in [-0.2, 0) is 0 Å². The predicted octanol–water partition coefficient (Wildman–Crippen LogP) is 3.77. The van der Waals surface area contributed by atoms with Crippen LogP contribution < -0.4 is 4.90 Å². The molecule has 0 unspecified atom stereocenters. The number of benzene rings is 2. The Morgan fingerprint density at radius 2 is 1.77 bits per heavy atom. The average Bonchev–Trinajstić information content (AvgIpc) is 2.54. The lowest BCUT2D eigenvalue weighted by atomic mass is 10.1. The van der Waals surface area contributed by atoms with Gasteiger partial charge in [0.1, 0.15) is 0 Å². The van der Waals surface area contributed by atoms with Gasteiger partial charge in [0.05, 0.1) is 6.61 Å². The van der Waals surface area contributed by atoms with Gasteiger partial charge in [-0.05, 0) is 48.0 Å². The number of hydrogen-bond acceptors (Lipinski definition) is 3. The van der Waals surface area contributed by atoms with E-state index in [0.29, 0.717) is 12.1 Å². The first-order chi connectivity index (χ1) is 10.6. The van der Waals surface area contributed by atoms with E-state index in [1.165, 1.54) is 0 Å². The van der Waals surface area contributed by atoms with Gasteiger partial charge >= 0.3 is 0 Å². The van der Waals surface area contributed by atoms with Crippen LogP contribution in [0.25, 0.3) is 6.08 Å². The molecular weight excluding hydrogens is 342 g/mol. The lowest BCUT2D eigenvalue weighted by Crippen LogP contribution is -2.20. The highest BCUT2D eigenvalue weighted by molar-refractivity contribution is 9.10. The second-order valence-electron chi connectivity index (χ2n) is 4.94. The molecular formula is C18H18BrNO2. The summed E-state index contributed by atoms with van der Waals surface area (Å²) in [6.45, 7) is 0.719. The molecule has 0 aliphatic carbocycles. The molecule has 0 aliphatic heterocycles. The summed E-state index contributed by atoms with van der Waals surface area (Å²) >= 11 is 3.35. The fourth-order valence-electron chi connectivity index (χ4n) is 2.00. The van der Waals surface area contributed by atoms with Gasteiger partial charge in [-0.3, -0.25) is 4.79 Å². The van der Waals surface area contributed by atoms with Gasteiger partial charge in [0.15, 0.2) is 5.78 Å². The maximum absolute atomic E-state index is 12.1. The number of carbonyl (C=O) groups excluding carboxylic acids is 1. The first-order valence-electron chi connectivity index (χ1n) is 7.00. The van der Waals surface area contributed by atoms with Crippen LogP contribution in [0.5, 0.6) is 0 Å². The summed E-state index contributed by atoms with van der Waals surface area (Å²) in [4.78, 5) is 14.0. The van der Waals surface area contributed by atoms with Crippen molar-refractivity contribution >= 4 is 33.5 Å². The van der Waals surface area contributed by atoms with Crippen molar-refractivity contribution in [3.8, 4) is 0 Å². The highest BCUT2D eigenvalue weighted by Crippen LogP contribution is 2.15. The number of rotatable bonds is 6. The molecule has 2 rings (SSSR count). The summed E-state index contributed by atoms with van der Waals surface area (Å²) in [5.74, 6) is -0.0195. The van der Waals surface area contributed by atoms with Crippen LogP contribution >= 0.6 is 15.9 Å². The van der Waals surface area contributed by atoms with Gasteiger partial charge in [0.2, 0.25) is 0 Å². The van der Waals surface area contributed by atoms with Crippen molar-refractivity contribution in [2.24, 2.45) is 0 Å². The fraction of sp³-hybridized carbons (Fsp3) is 0.167. The summed E-state index contributed by atoms with van der Waals surface area (Å²) in [6.07, 6.45) is 3.38. The molecule has 0 aromatic heterocycles. The number of ketones is 1.